The van der Waals surface area contributed by atoms with Gasteiger partial charge in [0.2, 0.25) is 0 Å². The van der Waals surface area contributed by atoms with Crippen molar-refractivity contribution in [1.82, 2.24) is 10.3 Å². The summed E-state index contributed by atoms with van der Waals surface area (Å²) in [4.78, 5) is 28.3. The molecule has 0 fully saturated rings. The highest BCUT2D eigenvalue weighted by Crippen LogP contribution is 2.29. The van der Waals surface area contributed by atoms with Crippen LogP contribution in [0.25, 0.3) is 10.6 Å². The largest absolute Gasteiger partial charge is 0.416 e. The Bertz CT molecular complexity index is 1030. The minimum absolute atomic E-state index is 0.0319. The molecular weight excluding hydrogens is 389 g/mol. The smallest absolute Gasteiger partial charge is 0.347 e. The van der Waals surface area contributed by atoms with Gasteiger partial charge in [0.05, 0.1) is 11.8 Å². The minimum Gasteiger partial charge on any atom is -0.347 e. The van der Waals surface area contributed by atoms with Gasteiger partial charge in [0.1, 0.15) is 9.88 Å². The number of hydrogen-bond donors (Lipinski definition) is 1. The average Bonchev–Trinajstić information content (AvgIpc) is 3.16. The Balaban J connectivity index is 1.70. The molecule has 0 aliphatic carbocycles. The highest BCUT2D eigenvalue weighted by atomic mass is 32.1. The monoisotopic (exact) mass is 404 g/mol. The molecule has 0 atom stereocenters. The molecule has 0 spiro atoms. The zero-order valence-electron chi connectivity index (χ0n) is 14.7. The Morgan fingerprint density at radius 1 is 1.11 bits per heavy atom. The van der Waals surface area contributed by atoms with E-state index in [9.17, 15) is 22.8 Å². The number of carbonyl (C=O) groups is 2. The molecule has 1 amide bonds. The van der Waals surface area contributed by atoms with Gasteiger partial charge in [-0.3, -0.25) is 9.59 Å². The molecule has 0 radical (unpaired) electrons. The molecule has 0 aliphatic rings. The number of ketones is 1. The summed E-state index contributed by atoms with van der Waals surface area (Å²) >= 11 is 1.14. The molecule has 3 aromatic rings. The molecule has 1 heterocycles. The van der Waals surface area contributed by atoms with E-state index in [1.54, 1.807) is 24.3 Å². The average molecular weight is 404 g/mol. The number of nitrogens with zero attached hydrogens (tertiary/aromatic N) is 1. The van der Waals surface area contributed by atoms with Crippen LogP contribution < -0.4 is 5.32 Å². The molecular formula is C20H15F3N2O2S. The lowest BCUT2D eigenvalue weighted by Crippen LogP contribution is -2.22. The molecule has 1 N–H and O–H groups in total. The van der Waals surface area contributed by atoms with Crippen molar-refractivity contribution in [3.63, 3.8) is 0 Å². The van der Waals surface area contributed by atoms with E-state index in [2.05, 4.69) is 10.3 Å². The maximum absolute atomic E-state index is 12.8. The number of hydrogen-bond acceptors (Lipinski definition) is 4. The first-order valence-electron chi connectivity index (χ1n) is 8.25. The van der Waals surface area contributed by atoms with Crippen molar-refractivity contribution < 1.29 is 22.8 Å². The molecule has 28 heavy (non-hydrogen) atoms. The first-order valence-corrected chi connectivity index (χ1v) is 9.07. The van der Waals surface area contributed by atoms with E-state index in [4.69, 9.17) is 0 Å². The predicted octanol–water partition coefficient (Wildman–Crippen LogP) is 4.96. The van der Waals surface area contributed by atoms with E-state index >= 15 is 0 Å². The number of rotatable bonds is 5. The highest BCUT2D eigenvalue weighted by molar-refractivity contribution is 7.16. The standard InChI is InChI=1S/C20H15F3N2O2S/c1-12(26)14-5-3-6-15(9-14)19-25-11-17(28-19)18(27)24-10-13-4-2-7-16(8-13)20(21,22)23/h2-9,11H,10H2,1H3,(H,24,27). The number of amides is 1. The Labute approximate surface area is 163 Å². The molecule has 3 rings (SSSR count). The number of nitrogens with one attached hydrogen (secondary N) is 1. The number of alkyl halides is 3. The Kier molecular flexibility index (Phi) is 5.60. The number of Topliss-reactive ketones (excluding diaryl/α,β-unsaturated/α-hetero) is 1. The van der Waals surface area contributed by atoms with E-state index in [0.29, 0.717) is 21.0 Å². The van der Waals surface area contributed by atoms with Crippen molar-refractivity contribution in [2.75, 3.05) is 0 Å². The van der Waals surface area contributed by atoms with Gasteiger partial charge < -0.3 is 5.32 Å². The zero-order valence-corrected chi connectivity index (χ0v) is 15.5. The molecule has 0 saturated carbocycles. The van der Waals surface area contributed by atoms with Gasteiger partial charge in [-0.05, 0) is 30.7 Å². The molecule has 0 unspecified atom stereocenters. The molecule has 8 heteroatoms. The lowest BCUT2D eigenvalue weighted by atomic mass is 10.1. The van der Waals surface area contributed by atoms with Crippen LogP contribution in [0, 0.1) is 0 Å². The molecule has 0 saturated heterocycles. The normalized spacial score (nSPS) is 11.3. The van der Waals surface area contributed by atoms with E-state index in [0.717, 1.165) is 29.0 Å². The Morgan fingerprint density at radius 2 is 1.86 bits per heavy atom. The van der Waals surface area contributed by atoms with Crippen LogP contribution >= 0.6 is 11.3 Å². The molecule has 144 valence electrons. The maximum Gasteiger partial charge on any atom is 0.416 e. The summed E-state index contributed by atoms with van der Waals surface area (Å²) in [5.74, 6) is -0.499. The SMILES string of the molecule is CC(=O)c1cccc(-c2ncc(C(=O)NCc3cccc(C(F)(F)F)c3)s2)c1. The van der Waals surface area contributed by atoms with Crippen LogP contribution in [0.3, 0.4) is 0 Å². The molecule has 0 aliphatic heterocycles. The van der Waals surface area contributed by atoms with E-state index < -0.39 is 17.6 Å². The fourth-order valence-corrected chi connectivity index (χ4v) is 3.34. The number of carbonyl (C=O) groups excluding carboxylic acids is 2. The van der Waals surface area contributed by atoms with Crippen LogP contribution in [0.1, 0.15) is 38.1 Å². The van der Waals surface area contributed by atoms with Gasteiger partial charge in [-0.15, -0.1) is 11.3 Å². The second-order valence-electron chi connectivity index (χ2n) is 6.05. The summed E-state index contributed by atoms with van der Waals surface area (Å²) in [5.41, 5.74) is 0.852. The van der Waals surface area contributed by atoms with Gasteiger partial charge >= 0.3 is 6.18 Å². The van der Waals surface area contributed by atoms with Gasteiger partial charge in [0.15, 0.2) is 5.78 Å². The fourth-order valence-electron chi connectivity index (χ4n) is 2.51. The number of benzene rings is 2. The zero-order chi connectivity index (χ0) is 20.3. The second kappa shape index (κ2) is 7.93. The van der Waals surface area contributed by atoms with Crippen LogP contribution in [0.2, 0.25) is 0 Å². The van der Waals surface area contributed by atoms with Crippen molar-refractivity contribution >= 4 is 23.0 Å². The fraction of sp³-hybridized carbons (Fsp3) is 0.150. The predicted molar refractivity (Wildman–Crippen MR) is 100 cm³/mol. The summed E-state index contributed by atoms with van der Waals surface area (Å²) in [6.07, 6.45) is -3.02. The summed E-state index contributed by atoms with van der Waals surface area (Å²) < 4.78 is 38.3. The quantitative estimate of drug-likeness (QED) is 0.612. The van der Waals surface area contributed by atoms with Crippen molar-refractivity contribution in [3.8, 4) is 10.6 Å². The number of halogens is 3. The lowest BCUT2D eigenvalue weighted by Gasteiger charge is -2.09. The first kappa shape index (κ1) is 19.8. The van der Waals surface area contributed by atoms with Crippen molar-refractivity contribution in [2.45, 2.75) is 19.6 Å². The van der Waals surface area contributed by atoms with Gasteiger partial charge in [-0.2, -0.15) is 13.2 Å². The van der Waals surface area contributed by atoms with E-state index in [1.165, 1.54) is 25.3 Å². The van der Waals surface area contributed by atoms with Gasteiger partial charge in [0, 0.05) is 17.7 Å². The summed E-state index contributed by atoms with van der Waals surface area (Å²) in [6.45, 7) is 1.43. The minimum atomic E-state index is -4.43. The van der Waals surface area contributed by atoms with Crippen molar-refractivity contribution in [1.29, 1.82) is 0 Å². The van der Waals surface area contributed by atoms with Crippen LogP contribution in [0.4, 0.5) is 13.2 Å². The van der Waals surface area contributed by atoms with Crippen LogP contribution in [-0.4, -0.2) is 16.7 Å². The molecule has 2 aromatic carbocycles. The second-order valence-corrected chi connectivity index (χ2v) is 7.08. The number of thiazole rings is 1. The van der Waals surface area contributed by atoms with Crippen LogP contribution in [0.5, 0.6) is 0 Å². The van der Waals surface area contributed by atoms with Gasteiger partial charge in [0.25, 0.3) is 5.91 Å². The molecule has 4 nitrogen and oxygen atoms in total. The summed E-state index contributed by atoms with van der Waals surface area (Å²) in [7, 11) is 0. The lowest BCUT2D eigenvalue weighted by molar-refractivity contribution is -0.137. The van der Waals surface area contributed by atoms with E-state index in [1.807, 2.05) is 0 Å². The van der Waals surface area contributed by atoms with Crippen molar-refractivity contribution in [2.24, 2.45) is 0 Å². The van der Waals surface area contributed by atoms with Crippen LogP contribution in [0.15, 0.2) is 54.7 Å². The maximum atomic E-state index is 12.8. The van der Waals surface area contributed by atoms with Crippen molar-refractivity contribution in [3.05, 3.63) is 76.3 Å². The van der Waals surface area contributed by atoms with Gasteiger partial charge in [-0.25, -0.2) is 4.98 Å². The van der Waals surface area contributed by atoms with Gasteiger partial charge in [-0.1, -0.05) is 30.3 Å². The third kappa shape index (κ3) is 4.64. The first-order chi connectivity index (χ1) is 13.2. The Hall–Kier alpha value is -3.00. The third-order valence-corrected chi connectivity index (χ3v) is 5.00. The van der Waals surface area contributed by atoms with Crippen LogP contribution in [-0.2, 0) is 12.7 Å². The van der Waals surface area contributed by atoms with E-state index in [-0.39, 0.29) is 12.3 Å². The summed E-state index contributed by atoms with van der Waals surface area (Å²) in [6, 6.07) is 11.7. The third-order valence-electron chi connectivity index (χ3n) is 3.95. The molecule has 1 aromatic heterocycles. The number of aromatic nitrogens is 1. The summed E-state index contributed by atoms with van der Waals surface area (Å²) in [5, 5.41) is 3.17. The topological polar surface area (TPSA) is 59.1 Å². The molecule has 0 bridgehead atoms. The Morgan fingerprint density at radius 3 is 2.57 bits per heavy atom. The highest BCUT2D eigenvalue weighted by Gasteiger charge is 2.30.